The smallest absolute Gasteiger partial charge is 0.303 e. The van der Waals surface area contributed by atoms with Crippen molar-refractivity contribution in [1.82, 2.24) is 14.7 Å². The van der Waals surface area contributed by atoms with Crippen LogP contribution in [-0.4, -0.2) is 35.7 Å². The van der Waals surface area contributed by atoms with E-state index in [1.807, 2.05) is 12.1 Å². The molecule has 0 aliphatic carbocycles. The average molecular weight is 547 g/mol. The maximum absolute atomic E-state index is 11.2. The van der Waals surface area contributed by atoms with Crippen molar-refractivity contribution in [2.45, 2.75) is 19.4 Å². The lowest BCUT2D eigenvalue weighted by Crippen LogP contribution is -2.21. The fourth-order valence-electron chi connectivity index (χ4n) is 2.61. The van der Waals surface area contributed by atoms with Gasteiger partial charge in [0.15, 0.2) is 5.75 Å². The Kier molecular flexibility index (Phi) is 6.62. The summed E-state index contributed by atoms with van der Waals surface area (Å²) in [5.74, 6) is 0.743. The maximum Gasteiger partial charge on any atom is 0.303 e. The van der Waals surface area contributed by atoms with Gasteiger partial charge in [-0.15, -0.1) is 0 Å². The monoisotopic (exact) mass is 545 g/mol. The zero-order valence-electron chi connectivity index (χ0n) is 15.2. The Labute approximate surface area is 184 Å². The van der Waals surface area contributed by atoms with Gasteiger partial charge in [-0.1, -0.05) is 0 Å². The second kappa shape index (κ2) is 8.82. The minimum Gasteiger partial charge on any atom is -0.481 e. The lowest BCUT2D eigenvalue weighted by molar-refractivity contribution is -0.136. The minimum absolute atomic E-state index is 0.0471. The molecule has 11 heteroatoms. The van der Waals surface area contributed by atoms with Crippen molar-refractivity contribution in [3.8, 4) is 11.5 Å². The van der Waals surface area contributed by atoms with Crippen molar-refractivity contribution in [2.75, 3.05) is 6.26 Å². The van der Waals surface area contributed by atoms with E-state index in [4.69, 9.17) is 9.84 Å². The van der Waals surface area contributed by atoms with Crippen LogP contribution in [0.3, 0.4) is 0 Å². The maximum atomic E-state index is 11.2. The number of hydrogen-bond donors (Lipinski definition) is 3. The number of aryl methyl sites for hydroxylation is 1. The van der Waals surface area contributed by atoms with Gasteiger partial charge < -0.3 is 14.8 Å². The summed E-state index contributed by atoms with van der Waals surface area (Å²) in [6.07, 6.45) is 1.55. The van der Waals surface area contributed by atoms with E-state index in [0.717, 1.165) is 17.3 Å². The number of carboxylic acid groups (broad SMARTS) is 1. The van der Waals surface area contributed by atoms with Crippen molar-refractivity contribution in [2.24, 2.45) is 0 Å². The molecule has 1 heterocycles. The SMILES string of the molecule is CS(=O)(=O)NCc1nc2cc(Oc3c(Br)cc(CCC(=O)O)cc3Br)ccc2[nH]1. The molecule has 2 aromatic carbocycles. The zero-order valence-corrected chi connectivity index (χ0v) is 19.2. The van der Waals surface area contributed by atoms with Gasteiger partial charge in [-0.3, -0.25) is 4.79 Å². The van der Waals surface area contributed by atoms with Crippen LogP contribution in [0, 0.1) is 0 Å². The van der Waals surface area contributed by atoms with E-state index in [2.05, 4.69) is 46.5 Å². The van der Waals surface area contributed by atoms with E-state index in [1.54, 1.807) is 18.2 Å². The molecule has 0 unspecified atom stereocenters. The Hall–Kier alpha value is -1.95. The molecule has 0 aliphatic heterocycles. The second-order valence-electron chi connectivity index (χ2n) is 6.34. The van der Waals surface area contributed by atoms with Gasteiger partial charge in [-0.25, -0.2) is 18.1 Å². The summed E-state index contributed by atoms with van der Waals surface area (Å²) in [5.41, 5.74) is 2.26. The number of aromatic amines is 1. The number of fused-ring (bicyclic) bond motifs is 1. The number of carboxylic acids is 1. The van der Waals surface area contributed by atoms with Gasteiger partial charge in [0.2, 0.25) is 10.0 Å². The molecule has 0 amide bonds. The Balaban J connectivity index is 1.80. The van der Waals surface area contributed by atoms with E-state index in [1.165, 1.54) is 0 Å². The molecule has 0 fully saturated rings. The lowest BCUT2D eigenvalue weighted by Gasteiger charge is -2.12. The quantitative estimate of drug-likeness (QED) is 0.393. The number of nitrogens with one attached hydrogen (secondary N) is 2. The highest BCUT2D eigenvalue weighted by Gasteiger charge is 2.13. The molecule has 0 radical (unpaired) electrons. The number of hydrogen-bond acceptors (Lipinski definition) is 5. The summed E-state index contributed by atoms with van der Waals surface area (Å²) in [7, 11) is -3.31. The zero-order chi connectivity index (χ0) is 21.2. The second-order valence-corrected chi connectivity index (χ2v) is 9.88. The number of nitrogens with zero attached hydrogens (tertiary/aromatic N) is 1. The molecule has 3 N–H and O–H groups in total. The molecule has 29 heavy (non-hydrogen) atoms. The molecule has 0 bridgehead atoms. The third-order valence-electron chi connectivity index (χ3n) is 3.91. The first kappa shape index (κ1) is 21.8. The van der Waals surface area contributed by atoms with Crippen molar-refractivity contribution >= 4 is 58.9 Å². The Morgan fingerprint density at radius 2 is 1.93 bits per heavy atom. The van der Waals surface area contributed by atoms with Crippen molar-refractivity contribution in [3.05, 3.63) is 50.7 Å². The fourth-order valence-corrected chi connectivity index (χ4v) is 4.45. The largest absolute Gasteiger partial charge is 0.481 e. The highest BCUT2D eigenvalue weighted by Crippen LogP contribution is 2.38. The molecule has 0 atom stereocenters. The number of H-pyrrole nitrogens is 1. The summed E-state index contributed by atoms with van der Waals surface area (Å²) in [5, 5.41) is 8.83. The normalized spacial score (nSPS) is 11.7. The standard InChI is InChI=1S/C18H17Br2N3O5S/c1-29(26,27)21-9-16-22-14-4-3-11(8-15(14)23-16)28-18-12(19)6-10(7-13(18)20)2-5-17(24)25/h3-4,6-8,21H,2,5,9H2,1H3,(H,22,23)(H,24,25). The van der Waals surface area contributed by atoms with Crippen LogP contribution in [0.15, 0.2) is 39.3 Å². The summed E-state index contributed by atoms with van der Waals surface area (Å²) in [4.78, 5) is 18.2. The van der Waals surface area contributed by atoms with Crippen molar-refractivity contribution < 1.29 is 23.1 Å². The number of sulfonamides is 1. The number of benzene rings is 2. The van der Waals surface area contributed by atoms with Gasteiger partial charge in [-0.2, -0.15) is 0 Å². The number of carbonyl (C=O) groups is 1. The number of imidazole rings is 1. The molecular weight excluding hydrogens is 530 g/mol. The number of halogens is 2. The molecular formula is C18H17Br2N3O5S. The van der Waals surface area contributed by atoms with Crippen molar-refractivity contribution in [1.29, 1.82) is 0 Å². The molecule has 0 saturated carbocycles. The third-order valence-corrected chi connectivity index (χ3v) is 5.76. The fraction of sp³-hybridized carbons (Fsp3) is 0.222. The van der Waals surface area contributed by atoms with Gasteiger partial charge >= 0.3 is 5.97 Å². The highest BCUT2D eigenvalue weighted by atomic mass is 79.9. The Morgan fingerprint density at radius 1 is 1.24 bits per heavy atom. The van der Waals surface area contributed by atoms with Gasteiger partial charge in [0, 0.05) is 12.5 Å². The topological polar surface area (TPSA) is 121 Å². The molecule has 0 aliphatic rings. The molecule has 0 saturated heterocycles. The summed E-state index contributed by atoms with van der Waals surface area (Å²) >= 11 is 6.93. The first-order valence-electron chi connectivity index (χ1n) is 8.41. The van der Waals surface area contributed by atoms with Crippen LogP contribution in [-0.2, 0) is 27.8 Å². The number of rotatable bonds is 8. The van der Waals surface area contributed by atoms with Crippen LogP contribution < -0.4 is 9.46 Å². The Bertz CT molecular complexity index is 1150. The summed E-state index contributed by atoms with van der Waals surface area (Å²) in [6.45, 7) is 0.0681. The van der Waals surface area contributed by atoms with Gasteiger partial charge in [0.05, 0.1) is 32.8 Å². The van der Waals surface area contributed by atoms with Crippen LogP contribution in [0.1, 0.15) is 17.8 Å². The molecule has 0 spiro atoms. The lowest BCUT2D eigenvalue weighted by atomic mass is 10.1. The summed E-state index contributed by atoms with van der Waals surface area (Å²) in [6, 6.07) is 8.96. The van der Waals surface area contributed by atoms with E-state index in [9.17, 15) is 13.2 Å². The highest BCUT2D eigenvalue weighted by molar-refractivity contribution is 9.11. The number of aromatic nitrogens is 2. The van der Waals surface area contributed by atoms with E-state index >= 15 is 0 Å². The van der Waals surface area contributed by atoms with Crippen LogP contribution >= 0.6 is 31.9 Å². The predicted octanol–water partition coefficient (Wildman–Crippen LogP) is 3.95. The van der Waals surface area contributed by atoms with Crippen molar-refractivity contribution in [3.63, 3.8) is 0 Å². The minimum atomic E-state index is -3.31. The van der Waals surface area contributed by atoms with Gasteiger partial charge in [0.25, 0.3) is 0 Å². The molecule has 154 valence electrons. The first-order valence-corrected chi connectivity index (χ1v) is 11.9. The van der Waals surface area contributed by atoms with E-state index in [-0.39, 0.29) is 13.0 Å². The molecule has 8 nitrogen and oxygen atoms in total. The Morgan fingerprint density at radius 3 is 2.55 bits per heavy atom. The van der Waals surface area contributed by atoms with Crippen LogP contribution in [0.4, 0.5) is 0 Å². The van der Waals surface area contributed by atoms with Gasteiger partial charge in [-0.05, 0) is 68.1 Å². The average Bonchev–Trinajstić information content (AvgIpc) is 3.03. The molecule has 3 rings (SSSR count). The third kappa shape index (κ3) is 6.01. The number of aliphatic carboxylic acids is 1. The molecule has 3 aromatic rings. The van der Waals surface area contributed by atoms with Crippen LogP contribution in [0.5, 0.6) is 11.5 Å². The molecule has 1 aromatic heterocycles. The first-order chi connectivity index (χ1) is 13.6. The van der Waals surface area contributed by atoms with Crippen LogP contribution in [0.25, 0.3) is 11.0 Å². The van der Waals surface area contributed by atoms with E-state index in [0.29, 0.717) is 38.2 Å². The van der Waals surface area contributed by atoms with Gasteiger partial charge in [0.1, 0.15) is 11.6 Å². The van der Waals surface area contributed by atoms with E-state index < -0.39 is 16.0 Å². The predicted molar refractivity (Wildman–Crippen MR) is 116 cm³/mol. The number of ether oxygens (including phenoxy) is 1. The summed E-state index contributed by atoms with van der Waals surface area (Å²) < 4.78 is 32.2. The van der Waals surface area contributed by atoms with Crippen LogP contribution in [0.2, 0.25) is 0 Å².